The summed E-state index contributed by atoms with van der Waals surface area (Å²) in [5.41, 5.74) is -0.466. The Morgan fingerprint density at radius 1 is 1.25 bits per heavy atom. The fraction of sp³-hybridized carbons (Fsp3) is 0.882. The zero-order valence-electron chi connectivity index (χ0n) is 15.9. The second-order valence-electron chi connectivity index (χ2n) is 7.14. The van der Waals surface area contributed by atoms with Crippen molar-refractivity contribution in [3.05, 3.63) is 0 Å². The minimum Gasteiger partial charge on any atom is -0.444 e. The van der Waals surface area contributed by atoms with Gasteiger partial charge < -0.3 is 20.3 Å². The summed E-state index contributed by atoms with van der Waals surface area (Å²) in [5, 5.41) is 6.78. The summed E-state index contributed by atoms with van der Waals surface area (Å²) >= 11 is 0. The highest BCUT2D eigenvalue weighted by molar-refractivity contribution is 14.0. The lowest BCUT2D eigenvalue weighted by atomic mass is 9.96. The van der Waals surface area contributed by atoms with E-state index in [1.165, 1.54) is 32.1 Å². The lowest BCUT2D eigenvalue weighted by Gasteiger charge is -2.25. The summed E-state index contributed by atoms with van der Waals surface area (Å²) in [6.07, 6.45) is 6.03. The summed E-state index contributed by atoms with van der Waals surface area (Å²) in [7, 11) is 1.74. The summed E-state index contributed by atoms with van der Waals surface area (Å²) in [5.74, 6) is 0.844. The molecule has 0 aliphatic heterocycles. The van der Waals surface area contributed by atoms with Crippen molar-refractivity contribution in [3.63, 3.8) is 0 Å². The first-order chi connectivity index (χ1) is 10.8. The van der Waals surface area contributed by atoms with Gasteiger partial charge in [0.05, 0.1) is 6.54 Å². The summed E-state index contributed by atoms with van der Waals surface area (Å²) in [6, 6.07) is 0.519. The molecule has 0 aromatic carbocycles. The molecular formula is C17H35IN4O2. The minimum absolute atomic E-state index is 0. The molecule has 0 aromatic heterocycles. The zero-order valence-corrected chi connectivity index (χ0v) is 18.2. The van der Waals surface area contributed by atoms with Gasteiger partial charge in [0.25, 0.3) is 0 Å². The van der Waals surface area contributed by atoms with Gasteiger partial charge in [-0.05, 0) is 40.5 Å². The Morgan fingerprint density at radius 2 is 1.88 bits per heavy atom. The number of nitrogens with zero attached hydrogens (tertiary/aromatic N) is 2. The number of carbonyl (C=O) groups excluding carboxylic acids is 1. The molecule has 0 unspecified atom stereocenters. The lowest BCUT2D eigenvalue weighted by molar-refractivity contribution is 0.0304. The van der Waals surface area contributed by atoms with Gasteiger partial charge in [0.2, 0.25) is 0 Å². The van der Waals surface area contributed by atoms with Gasteiger partial charge in [0.15, 0.2) is 5.96 Å². The minimum atomic E-state index is -0.466. The molecule has 0 radical (unpaired) electrons. The Balaban J connectivity index is 0.00000529. The maximum Gasteiger partial charge on any atom is 0.410 e. The molecule has 0 aromatic rings. The van der Waals surface area contributed by atoms with Gasteiger partial charge in [0, 0.05) is 26.2 Å². The molecule has 1 aliphatic rings. The molecule has 24 heavy (non-hydrogen) atoms. The van der Waals surface area contributed by atoms with Crippen molar-refractivity contribution in [3.8, 4) is 0 Å². The van der Waals surface area contributed by atoms with Crippen LogP contribution in [0.2, 0.25) is 0 Å². The number of nitrogens with one attached hydrogen (secondary N) is 2. The first kappa shape index (κ1) is 23.3. The highest BCUT2D eigenvalue weighted by atomic mass is 127. The molecule has 0 saturated heterocycles. The Morgan fingerprint density at radius 3 is 2.42 bits per heavy atom. The smallest absolute Gasteiger partial charge is 0.410 e. The van der Waals surface area contributed by atoms with Crippen LogP contribution < -0.4 is 10.6 Å². The van der Waals surface area contributed by atoms with Crippen LogP contribution in [-0.4, -0.2) is 55.3 Å². The number of hydrogen-bond donors (Lipinski definition) is 2. The van der Waals surface area contributed by atoms with Crippen LogP contribution in [0.25, 0.3) is 0 Å². The standard InChI is InChI=1S/C17H34N4O2.HI/c1-6-18-15(20-14-10-8-7-9-11-14)19-12-13-21(5)16(22)23-17(2,3)4;/h14H,6-13H2,1-5H3,(H2,18,19,20);1H. The van der Waals surface area contributed by atoms with Gasteiger partial charge in [0.1, 0.15) is 5.60 Å². The van der Waals surface area contributed by atoms with Crippen molar-refractivity contribution < 1.29 is 9.53 Å². The van der Waals surface area contributed by atoms with Crippen LogP contribution >= 0.6 is 24.0 Å². The average molecular weight is 454 g/mol. The van der Waals surface area contributed by atoms with E-state index in [1.807, 2.05) is 20.8 Å². The van der Waals surface area contributed by atoms with E-state index in [2.05, 4.69) is 22.5 Å². The Bertz CT molecular complexity index is 391. The normalized spacial score (nSPS) is 16.1. The number of hydrogen-bond acceptors (Lipinski definition) is 3. The summed E-state index contributed by atoms with van der Waals surface area (Å²) in [4.78, 5) is 18.0. The monoisotopic (exact) mass is 454 g/mol. The Hall–Kier alpha value is -0.730. The molecule has 1 aliphatic carbocycles. The molecule has 1 rings (SSSR count). The van der Waals surface area contributed by atoms with E-state index in [4.69, 9.17) is 4.74 Å². The van der Waals surface area contributed by atoms with Crippen LogP contribution in [0.15, 0.2) is 4.99 Å². The van der Waals surface area contributed by atoms with Crippen molar-refractivity contribution in [2.75, 3.05) is 26.7 Å². The fourth-order valence-electron chi connectivity index (χ4n) is 2.50. The molecule has 6 nitrogen and oxygen atoms in total. The maximum absolute atomic E-state index is 11.9. The molecule has 0 atom stereocenters. The Labute approximate surface area is 164 Å². The van der Waals surface area contributed by atoms with E-state index < -0.39 is 5.60 Å². The number of rotatable bonds is 5. The maximum atomic E-state index is 11.9. The average Bonchev–Trinajstić information content (AvgIpc) is 2.46. The number of aliphatic imine (C=N–C) groups is 1. The van der Waals surface area contributed by atoms with Crippen LogP contribution in [0.1, 0.15) is 59.8 Å². The third-order valence-electron chi connectivity index (χ3n) is 3.70. The molecule has 0 bridgehead atoms. The SMILES string of the molecule is CCNC(=NCCN(C)C(=O)OC(C)(C)C)NC1CCCCC1.I. The first-order valence-electron chi connectivity index (χ1n) is 8.81. The molecule has 7 heteroatoms. The predicted molar refractivity (Wildman–Crippen MR) is 110 cm³/mol. The highest BCUT2D eigenvalue weighted by Gasteiger charge is 2.19. The van der Waals surface area contributed by atoms with E-state index in [-0.39, 0.29) is 30.1 Å². The van der Waals surface area contributed by atoms with Crippen molar-refractivity contribution >= 4 is 36.0 Å². The van der Waals surface area contributed by atoms with Crippen LogP contribution in [0.5, 0.6) is 0 Å². The second kappa shape index (κ2) is 11.8. The van der Waals surface area contributed by atoms with E-state index in [0.717, 1.165) is 12.5 Å². The molecule has 1 amide bonds. The third kappa shape index (κ3) is 10.2. The fourth-order valence-corrected chi connectivity index (χ4v) is 2.50. The first-order valence-corrected chi connectivity index (χ1v) is 8.81. The lowest BCUT2D eigenvalue weighted by Crippen LogP contribution is -2.44. The van der Waals surface area contributed by atoms with Gasteiger partial charge in [-0.15, -0.1) is 24.0 Å². The number of ether oxygens (including phenoxy) is 1. The summed E-state index contributed by atoms with van der Waals surface area (Å²) in [6.45, 7) is 9.59. The van der Waals surface area contributed by atoms with Gasteiger partial charge in [-0.25, -0.2) is 4.79 Å². The van der Waals surface area contributed by atoms with E-state index >= 15 is 0 Å². The van der Waals surface area contributed by atoms with Crippen molar-refractivity contribution in [1.29, 1.82) is 0 Å². The van der Waals surface area contributed by atoms with Gasteiger partial charge >= 0.3 is 6.09 Å². The van der Waals surface area contributed by atoms with Crippen LogP contribution in [0.3, 0.4) is 0 Å². The topological polar surface area (TPSA) is 66.0 Å². The molecule has 142 valence electrons. The molecular weight excluding hydrogens is 419 g/mol. The second-order valence-corrected chi connectivity index (χ2v) is 7.14. The molecule has 1 fully saturated rings. The van der Waals surface area contributed by atoms with Crippen LogP contribution in [-0.2, 0) is 4.74 Å². The van der Waals surface area contributed by atoms with E-state index in [9.17, 15) is 4.79 Å². The zero-order chi connectivity index (χ0) is 17.3. The predicted octanol–water partition coefficient (Wildman–Crippen LogP) is 3.36. The Kier molecular flexibility index (Phi) is 11.4. The molecule has 0 heterocycles. The van der Waals surface area contributed by atoms with Crippen molar-refractivity contribution in [2.24, 2.45) is 4.99 Å². The largest absolute Gasteiger partial charge is 0.444 e. The summed E-state index contributed by atoms with van der Waals surface area (Å²) < 4.78 is 5.33. The highest BCUT2D eigenvalue weighted by Crippen LogP contribution is 2.17. The number of carbonyl (C=O) groups is 1. The number of guanidine groups is 1. The molecule has 1 saturated carbocycles. The van der Waals surface area contributed by atoms with Gasteiger partial charge in [-0.3, -0.25) is 4.99 Å². The number of amides is 1. The quantitative estimate of drug-likeness (QED) is 0.380. The molecule has 2 N–H and O–H groups in total. The van der Waals surface area contributed by atoms with E-state index in [1.54, 1.807) is 11.9 Å². The van der Waals surface area contributed by atoms with E-state index in [0.29, 0.717) is 19.1 Å². The number of halogens is 1. The van der Waals surface area contributed by atoms with Crippen LogP contribution in [0, 0.1) is 0 Å². The van der Waals surface area contributed by atoms with Crippen molar-refractivity contribution in [1.82, 2.24) is 15.5 Å². The van der Waals surface area contributed by atoms with Gasteiger partial charge in [-0.2, -0.15) is 0 Å². The number of likely N-dealkylation sites (N-methyl/N-ethyl adjacent to an activating group) is 1. The van der Waals surface area contributed by atoms with Crippen molar-refractivity contribution in [2.45, 2.75) is 71.4 Å². The van der Waals surface area contributed by atoms with Gasteiger partial charge in [-0.1, -0.05) is 19.3 Å². The molecule has 0 spiro atoms. The van der Waals surface area contributed by atoms with Crippen LogP contribution in [0.4, 0.5) is 4.79 Å². The third-order valence-corrected chi connectivity index (χ3v) is 3.70.